The first-order valence-electron chi connectivity index (χ1n) is 21.5. The van der Waals surface area contributed by atoms with Crippen LogP contribution < -0.4 is 55.9 Å². The summed E-state index contributed by atoms with van der Waals surface area (Å²) in [5, 5.41) is 12.9. The van der Waals surface area contributed by atoms with Crippen LogP contribution in [0.1, 0.15) is 102 Å². The number of rotatable bonds is 24. The van der Waals surface area contributed by atoms with Crippen molar-refractivity contribution in [3.63, 3.8) is 0 Å². The van der Waals surface area contributed by atoms with Gasteiger partial charge >= 0.3 is 5.69 Å². The third kappa shape index (κ3) is 31.6. The second kappa shape index (κ2) is 36.2. The molecule has 24 heteroatoms. The van der Waals surface area contributed by atoms with Gasteiger partial charge in [0.1, 0.15) is 18.1 Å². The van der Waals surface area contributed by atoms with Gasteiger partial charge in [-0.3, -0.25) is 18.0 Å². The predicted molar refractivity (Wildman–Crippen MR) is 226 cm³/mol. The Balaban J connectivity index is -0.000000930. The lowest BCUT2D eigenvalue weighted by molar-refractivity contribution is -0.894. The first-order valence-corrected chi connectivity index (χ1v) is 25.9. The molecule has 1 saturated heterocycles. The number of ether oxygens (including phenoxy) is 1. The normalized spacial score (nSPS) is 18.3. The van der Waals surface area contributed by atoms with Gasteiger partial charge in [-0.05, 0) is 102 Å². The van der Waals surface area contributed by atoms with E-state index in [4.69, 9.17) is 10.5 Å². The topological polar surface area (TPSA) is 291 Å². The third-order valence-corrected chi connectivity index (χ3v) is 13.5. The highest BCUT2D eigenvalue weighted by Gasteiger charge is 2.37. The van der Waals surface area contributed by atoms with Crippen molar-refractivity contribution in [2.75, 3.05) is 104 Å². The minimum absolute atomic E-state index is 0.168. The number of quaternary nitrogens is 4. The SMILES string of the molecule is CC[NH+](CC)CC.CC[NH+](CC)CC.CC[NH+](CC)CC.CC[NH+](CC)CC.NCCCNc1ccn([C@H]2C[C@H](O)[C@@H](COP(=O)([O-])OP(=O)([O-])OP(=O)([O-])[O-])O2)c(=O)n1. The molecule has 1 aliphatic rings. The van der Waals surface area contributed by atoms with Gasteiger partial charge in [0, 0.05) is 19.2 Å². The molecule has 60 heavy (non-hydrogen) atoms. The molecule has 0 aromatic carbocycles. The van der Waals surface area contributed by atoms with Crippen LogP contribution in [0.5, 0.6) is 0 Å². The van der Waals surface area contributed by atoms with Gasteiger partial charge < -0.3 is 69.2 Å². The number of anilines is 1. The Labute approximate surface area is 360 Å². The van der Waals surface area contributed by atoms with Gasteiger partial charge in [-0.1, -0.05) is 0 Å². The van der Waals surface area contributed by atoms with E-state index in [1.807, 2.05) is 0 Å². The number of nitrogens with zero attached hydrogens (tertiary/aromatic N) is 2. The van der Waals surface area contributed by atoms with Gasteiger partial charge in [-0.15, -0.1) is 0 Å². The highest BCUT2D eigenvalue weighted by Crippen LogP contribution is 2.60. The van der Waals surface area contributed by atoms with E-state index in [0.717, 1.165) is 4.57 Å². The second-order valence-electron chi connectivity index (χ2n) is 13.5. The molecule has 360 valence electrons. The summed E-state index contributed by atoms with van der Waals surface area (Å²) in [4.78, 5) is 66.0. The molecular formula is C36H83N8O13P3. The molecule has 1 aromatic heterocycles. The van der Waals surface area contributed by atoms with Crippen molar-refractivity contribution in [1.82, 2.24) is 9.55 Å². The number of aromatic nitrogens is 2. The van der Waals surface area contributed by atoms with Crippen LogP contribution in [0.2, 0.25) is 0 Å². The van der Waals surface area contributed by atoms with Crippen LogP contribution in [-0.4, -0.2) is 125 Å². The average Bonchev–Trinajstić information content (AvgIpc) is 3.56. The van der Waals surface area contributed by atoms with Gasteiger partial charge in [-0.2, -0.15) is 4.98 Å². The number of hydrogen-bond acceptors (Lipinski definition) is 16. The Morgan fingerprint density at radius 2 is 1.15 bits per heavy atom. The van der Waals surface area contributed by atoms with Crippen LogP contribution in [0.15, 0.2) is 17.1 Å². The van der Waals surface area contributed by atoms with E-state index >= 15 is 0 Å². The minimum atomic E-state index is -6.11. The molecule has 21 nitrogen and oxygen atoms in total. The summed E-state index contributed by atoms with van der Waals surface area (Å²) < 4.78 is 50.1. The maximum absolute atomic E-state index is 12.2. The molecule has 5 atom stereocenters. The van der Waals surface area contributed by atoms with Gasteiger partial charge in [0.05, 0.1) is 99.1 Å². The number of phosphoric ester groups is 1. The van der Waals surface area contributed by atoms with Crippen LogP contribution in [0, 0.1) is 0 Å². The third-order valence-electron chi connectivity index (χ3n) is 9.83. The maximum atomic E-state index is 12.2. The van der Waals surface area contributed by atoms with E-state index in [1.54, 1.807) is 19.6 Å². The molecule has 8 N–H and O–H groups in total. The Morgan fingerprint density at radius 1 is 0.750 bits per heavy atom. The number of nitrogens with one attached hydrogen (secondary N) is 5. The first kappa shape index (κ1) is 63.1. The summed E-state index contributed by atoms with van der Waals surface area (Å²) in [6.45, 7) is 41.9. The molecule has 1 aromatic rings. The Morgan fingerprint density at radius 3 is 1.47 bits per heavy atom. The highest BCUT2D eigenvalue weighted by atomic mass is 31.3. The van der Waals surface area contributed by atoms with E-state index < -0.39 is 54.2 Å². The summed E-state index contributed by atoms with van der Waals surface area (Å²) in [7, 11) is -18.0. The number of phosphoric acid groups is 3. The fourth-order valence-electron chi connectivity index (χ4n) is 5.53. The predicted octanol–water partition coefficient (Wildman–Crippen LogP) is -3.81. The highest BCUT2D eigenvalue weighted by molar-refractivity contribution is 7.64. The lowest BCUT2D eigenvalue weighted by atomic mass is 10.2. The van der Waals surface area contributed by atoms with Gasteiger partial charge in [0.2, 0.25) is 0 Å². The lowest BCUT2D eigenvalue weighted by Gasteiger charge is -2.37. The fourth-order valence-corrected chi connectivity index (χ4v) is 8.40. The molecule has 0 aliphatic carbocycles. The molecule has 0 saturated carbocycles. The Hall–Kier alpha value is -1.19. The summed E-state index contributed by atoms with van der Waals surface area (Å²) in [6, 6.07) is 1.47. The summed E-state index contributed by atoms with van der Waals surface area (Å²) in [5.74, 6) is 0.285. The molecule has 1 fully saturated rings. The Kier molecular flexibility index (Phi) is 38.1. The number of aliphatic hydroxyl groups is 1. The average molecular weight is 929 g/mol. The van der Waals surface area contributed by atoms with Crippen LogP contribution in [0.25, 0.3) is 0 Å². The van der Waals surface area contributed by atoms with Crippen LogP contribution in [-0.2, 0) is 31.6 Å². The summed E-state index contributed by atoms with van der Waals surface area (Å²) in [6.07, 6.45) is -1.93. The van der Waals surface area contributed by atoms with Crippen molar-refractivity contribution in [2.24, 2.45) is 5.73 Å². The molecule has 2 heterocycles. The molecule has 0 spiro atoms. The van der Waals surface area contributed by atoms with E-state index in [0.29, 0.717) is 19.5 Å². The monoisotopic (exact) mass is 929 g/mol. The zero-order valence-electron chi connectivity index (χ0n) is 38.6. The maximum Gasteiger partial charge on any atom is 0.351 e. The zero-order valence-corrected chi connectivity index (χ0v) is 41.3. The van der Waals surface area contributed by atoms with Crippen molar-refractivity contribution in [3.8, 4) is 0 Å². The van der Waals surface area contributed by atoms with Crippen molar-refractivity contribution >= 4 is 29.3 Å². The molecule has 1 aliphatic heterocycles. The lowest BCUT2D eigenvalue weighted by Crippen LogP contribution is -3.11. The largest absolute Gasteiger partial charge is 0.790 e. The van der Waals surface area contributed by atoms with Crippen molar-refractivity contribution in [2.45, 2.75) is 114 Å². The molecule has 0 radical (unpaired) electrons. The van der Waals surface area contributed by atoms with E-state index in [1.165, 1.54) is 90.8 Å². The van der Waals surface area contributed by atoms with Crippen molar-refractivity contribution in [3.05, 3.63) is 22.7 Å². The van der Waals surface area contributed by atoms with Gasteiger partial charge in [-0.25, -0.2) is 9.11 Å². The van der Waals surface area contributed by atoms with Crippen molar-refractivity contribution < 1.29 is 75.9 Å². The zero-order chi connectivity index (χ0) is 47.0. The smallest absolute Gasteiger partial charge is 0.351 e. The van der Waals surface area contributed by atoms with E-state index in [2.05, 4.69) is 107 Å². The number of hydrogen-bond donors (Lipinski definition) is 7. The first-order chi connectivity index (χ1) is 28.1. The standard InChI is InChI=1S/C12H23N4O13P3.4C6H15N/c13-3-1-4-14-10-2-5-16(12(18)15-10)11-6-8(17)9(27-11)7-26-31(22,23)29-32(24,25)28-30(19,20)21;4*1-4-7(5-2)6-3/h2,5,8-9,11,17H,1,3-4,6-7,13H2,(H,22,23)(H,24,25)(H,14,15,18)(H2,19,20,21);4*4-6H2,1-3H3/t8-,9+,11+;;;;/m0..../s1. The molecule has 2 unspecified atom stereocenters. The molecule has 0 bridgehead atoms. The van der Waals surface area contributed by atoms with Crippen LogP contribution in [0.3, 0.4) is 0 Å². The van der Waals surface area contributed by atoms with Crippen LogP contribution in [0.4, 0.5) is 5.82 Å². The van der Waals surface area contributed by atoms with Crippen LogP contribution >= 0.6 is 23.5 Å². The van der Waals surface area contributed by atoms with Gasteiger partial charge in [0.15, 0.2) is 0 Å². The quantitative estimate of drug-likeness (QED) is 0.0387. The Bertz CT molecular complexity index is 1310. The summed E-state index contributed by atoms with van der Waals surface area (Å²) in [5.41, 5.74) is 4.63. The number of aliphatic hydroxyl groups excluding tert-OH is 1. The molecule has 0 amide bonds. The van der Waals surface area contributed by atoms with Crippen molar-refractivity contribution in [1.29, 1.82) is 0 Å². The minimum Gasteiger partial charge on any atom is -0.790 e. The number of nitrogens with two attached hydrogens (primary N) is 1. The van der Waals surface area contributed by atoms with Gasteiger partial charge in [0.25, 0.3) is 15.6 Å². The second-order valence-corrected chi connectivity index (χ2v) is 17.8. The summed E-state index contributed by atoms with van der Waals surface area (Å²) >= 11 is 0. The fraction of sp³-hybridized carbons (Fsp3) is 0.889. The van der Waals surface area contributed by atoms with E-state index in [9.17, 15) is 43.2 Å². The van der Waals surface area contributed by atoms with E-state index in [-0.39, 0.29) is 12.2 Å². The molecular weight excluding hydrogens is 845 g/mol. The molecule has 2 rings (SSSR count).